The molecule has 1 fully saturated rings. The van der Waals surface area contributed by atoms with E-state index in [1.165, 1.54) is 40.6 Å². The normalized spacial score (nSPS) is 14.8. The standard InChI is InChI=1S/C30H31FN4O4S/c1-2-3-4-8-19-39-25-17-13-23(14-18-25)32-27(36)20-26-29(38)34(24-15-11-22(31)12-16-24)30(40)35(26)33-28(37)21-9-6-5-7-10-21/h5-7,9-18,26H,2-4,8,19-20H2,1H3,(H,32,36)(H,33,37). The van der Waals surface area contributed by atoms with Crippen molar-refractivity contribution in [2.75, 3.05) is 16.8 Å². The van der Waals surface area contributed by atoms with E-state index in [4.69, 9.17) is 17.0 Å². The van der Waals surface area contributed by atoms with Crippen LogP contribution < -0.4 is 20.4 Å². The highest BCUT2D eigenvalue weighted by molar-refractivity contribution is 7.80. The lowest BCUT2D eigenvalue weighted by atomic mass is 10.1. The highest BCUT2D eigenvalue weighted by Crippen LogP contribution is 2.27. The molecular weight excluding hydrogens is 531 g/mol. The zero-order chi connectivity index (χ0) is 28.5. The van der Waals surface area contributed by atoms with E-state index >= 15 is 0 Å². The van der Waals surface area contributed by atoms with Gasteiger partial charge in [-0.05, 0) is 79.3 Å². The Morgan fingerprint density at radius 3 is 2.33 bits per heavy atom. The summed E-state index contributed by atoms with van der Waals surface area (Å²) in [4.78, 5) is 40.6. The third-order valence-corrected chi connectivity index (χ3v) is 6.72. The minimum absolute atomic E-state index is 0.0286. The molecule has 1 unspecified atom stereocenters. The van der Waals surface area contributed by atoms with Crippen molar-refractivity contribution in [2.24, 2.45) is 0 Å². The second-order valence-corrected chi connectivity index (χ2v) is 9.68. The van der Waals surface area contributed by atoms with E-state index in [2.05, 4.69) is 17.7 Å². The van der Waals surface area contributed by atoms with Gasteiger partial charge in [-0.15, -0.1) is 0 Å². The molecule has 0 aromatic heterocycles. The van der Waals surface area contributed by atoms with Crippen LogP contribution in [-0.2, 0) is 9.59 Å². The molecule has 8 nitrogen and oxygen atoms in total. The number of carbonyl (C=O) groups is 3. The minimum atomic E-state index is -1.11. The van der Waals surface area contributed by atoms with Gasteiger partial charge in [-0.25, -0.2) is 9.40 Å². The van der Waals surface area contributed by atoms with Crippen molar-refractivity contribution in [3.63, 3.8) is 0 Å². The summed E-state index contributed by atoms with van der Waals surface area (Å²) in [7, 11) is 0. The van der Waals surface area contributed by atoms with E-state index in [-0.39, 0.29) is 11.5 Å². The van der Waals surface area contributed by atoms with Gasteiger partial charge in [0, 0.05) is 11.3 Å². The largest absolute Gasteiger partial charge is 0.494 e. The molecule has 0 aliphatic carbocycles. The summed E-state index contributed by atoms with van der Waals surface area (Å²) in [5, 5.41) is 3.97. The average Bonchev–Trinajstić information content (AvgIpc) is 3.18. The zero-order valence-corrected chi connectivity index (χ0v) is 23.0. The Labute approximate surface area is 238 Å². The molecule has 1 heterocycles. The zero-order valence-electron chi connectivity index (χ0n) is 22.1. The number of hydrogen-bond acceptors (Lipinski definition) is 5. The highest BCUT2D eigenvalue weighted by Gasteiger charge is 2.45. The number of halogens is 1. The first-order valence-electron chi connectivity index (χ1n) is 13.2. The van der Waals surface area contributed by atoms with Crippen molar-refractivity contribution in [3.05, 3.63) is 90.2 Å². The third kappa shape index (κ3) is 7.20. The number of nitrogens with zero attached hydrogens (tertiary/aromatic N) is 2. The number of unbranched alkanes of at least 4 members (excludes halogenated alkanes) is 3. The van der Waals surface area contributed by atoms with Crippen molar-refractivity contribution in [3.8, 4) is 5.75 Å². The quantitative estimate of drug-likeness (QED) is 0.225. The van der Waals surface area contributed by atoms with Crippen LogP contribution in [0.2, 0.25) is 0 Å². The molecular formula is C30H31FN4O4S. The maximum Gasteiger partial charge on any atom is 0.269 e. The summed E-state index contributed by atoms with van der Waals surface area (Å²) in [6, 6.07) is 19.5. The molecule has 2 N–H and O–H groups in total. The summed E-state index contributed by atoms with van der Waals surface area (Å²) in [5.41, 5.74) is 3.88. The first-order valence-corrected chi connectivity index (χ1v) is 13.6. The van der Waals surface area contributed by atoms with Crippen LogP contribution in [0.3, 0.4) is 0 Å². The molecule has 208 valence electrons. The lowest BCUT2D eigenvalue weighted by Crippen LogP contribution is -2.49. The van der Waals surface area contributed by atoms with Gasteiger partial charge < -0.3 is 10.1 Å². The predicted octanol–water partition coefficient (Wildman–Crippen LogP) is 5.46. The molecule has 1 aliphatic rings. The number of ether oxygens (including phenoxy) is 1. The number of hydrazine groups is 1. The van der Waals surface area contributed by atoms with Crippen LogP contribution in [0.25, 0.3) is 0 Å². The molecule has 0 radical (unpaired) electrons. The second-order valence-electron chi connectivity index (χ2n) is 9.31. The Hall–Kier alpha value is -4.31. The van der Waals surface area contributed by atoms with Crippen LogP contribution in [0, 0.1) is 5.82 Å². The molecule has 40 heavy (non-hydrogen) atoms. The van der Waals surface area contributed by atoms with Crippen molar-refractivity contribution in [1.82, 2.24) is 10.4 Å². The number of benzene rings is 3. The number of rotatable bonds is 12. The van der Waals surface area contributed by atoms with Crippen molar-refractivity contribution in [2.45, 2.75) is 45.1 Å². The third-order valence-electron chi connectivity index (χ3n) is 6.34. The fraction of sp³-hybridized carbons (Fsp3) is 0.267. The minimum Gasteiger partial charge on any atom is -0.494 e. The lowest BCUT2D eigenvalue weighted by Gasteiger charge is -2.24. The summed E-state index contributed by atoms with van der Waals surface area (Å²) in [5.74, 6) is -1.23. The SMILES string of the molecule is CCCCCCOc1ccc(NC(=O)CC2C(=O)N(c3ccc(F)cc3)C(=S)N2NC(=O)c2ccccc2)cc1. The van der Waals surface area contributed by atoms with Gasteiger partial charge in [-0.3, -0.25) is 24.7 Å². The predicted molar refractivity (Wildman–Crippen MR) is 155 cm³/mol. The Balaban J connectivity index is 1.45. The first kappa shape index (κ1) is 28.7. The van der Waals surface area contributed by atoms with Gasteiger partial charge in [-0.2, -0.15) is 0 Å². The number of hydrogen-bond donors (Lipinski definition) is 2. The molecule has 10 heteroatoms. The van der Waals surface area contributed by atoms with Crippen LogP contribution in [0.1, 0.15) is 49.4 Å². The summed E-state index contributed by atoms with van der Waals surface area (Å²) in [6.07, 6.45) is 4.15. The first-order chi connectivity index (χ1) is 19.4. The molecule has 0 bridgehead atoms. The number of nitrogens with one attached hydrogen (secondary N) is 2. The number of carbonyl (C=O) groups excluding carboxylic acids is 3. The fourth-order valence-electron chi connectivity index (χ4n) is 4.23. The number of anilines is 2. The maximum atomic E-state index is 13.5. The van der Waals surface area contributed by atoms with Crippen molar-refractivity contribution >= 4 is 46.4 Å². The van der Waals surface area contributed by atoms with E-state index < -0.39 is 29.6 Å². The highest BCUT2D eigenvalue weighted by atomic mass is 32.1. The van der Waals surface area contributed by atoms with Crippen molar-refractivity contribution < 1.29 is 23.5 Å². The number of amides is 3. The van der Waals surface area contributed by atoms with Gasteiger partial charge in [0.15, 0.2) is 0 Å². The molecule has 1 aliphatic heterocycles. The fourth-order valence-corrected chi connectivity index (χ4v) is 4.60. The Kier molecular flexibility index (Phi) is 9.80. The number of thiocarbonyl (C=S) groups is 1. The van der Waals surface area contributed by atoms with Crippen LogP contribution >= 0.6 is 12.2 Å². The Morgan fingerprint density at radius 1 is 0.950 bits per heavy atom. The molecule has 3 aromatic carbocycles. The topological polar surface area (TPSA) is 91.0 Å². The van der Waals surface area contributed by atoms with E-state index in [1.807, 2.05) is 0 Å². The van der Waals surface area contributed by atoms with Gasteiger partial charge in [0.05, 0.1) is 18.7 Å². The van der Waals surface area contributed by atoms with Crippen LogP contribution in [0.15, 0.2) is 78.9 Å². The van der Waals surface area contributed by atoms with Crippen LogP contribution in [0.5, 0.6) is 5.75 Å². The van der Waals surface area contributed by atoms with E-state index in [0.717, 1.165) is 19.3 Å². The smallest absolute Gasteiger partial charge is 0.269 e. The second kappa shape index (κ2) is 13.7. The maximum absolute atomic E-state index is 13.5. The van der Waals surface area contributed by atoms with Crippen LogP contribution in [0.4, 0.5) is 15.8 Å². The Bertz CT molecular complexity index is 1340. The Morgan fingerprint density at radius 2 is 1.65 bits per heavy atom. The average molecular weight is 563 g/mol. The van der Waals surface area contributed by atoms with Crippen LogP contribution in [-0.4, -0.2) is 40.5 Å². The summed E-state index contributed by atoms with van der Waals surface area (Å²) >= 11 is 5.53. The lowest BCUT2D eigenvalue weighted by molar-refractivity contribution is -0.124. The molecule has 1 saturated heterocycles. The van der Waals surface area contributed by atoms with E-state index in [1.54, 1.807) is 54.6 Å². The molecule has 3 amide bonds. The summed E-state index contributed by atoms with van der Waals surface area (Å²) < 4.78 is 19.3. The molecule has 1 atom stereocenters. The summed E-state index contributed by atoms with van der Waals surface area (Å²) in [6.45, 7) is 2.79. The van der Waals surface area contributed by atoms with E-state index in [9.17, 15) is 18.8 Å². The molecule has 3 aromatic rings. The van der Waals surface area contributed by atoms with Crippen molar-refractivity contribution in [1.29, 1.82) is 0 Å². The van der Waals surface area contributed by atoms with Gasteiger partial charge in [0.1, 0.15) is 17.6 Å². The van der Waals surface area contributed by atoms with E-state index in [0.29, 0.717) is 29.3 Å². The molecule has 0 spiro atoms. The molecule has 4 rings (SSSR count). The van der Waals surface area contributed by atoms with Gasteiger partial charge in [0.25, 0.3) is 11.8 Å². The molecule has 0 saturated carbocycles. The van der Waals surface area contributed by atoms with Gasteiger partial charge >= 0.3 is 0 Å². The van der Waals surface area contributed by atoms with Gasteiger partial charge in [0.2, 0.25) is 11.0 Å². The monoisotopic (exact) mass is 562 g/mol. The van der Waals surface area contributed by atoms with Gasteiger partial charge in [-0.1, -0.05) is 44.4 Å².